The second kappa shape index (κ2) is 9.58. The molecule has 0 aliphatic carbocycles. The number of carbonyl (C=O) groups excluding carboxylic acids is 2. The highest BCUT2D eigenvalue weighted by Gasteiger charge is 2.26. The van der Waals surface area contributed by atoms with E-state index in [-0.39, 0.29) is 5.91 Å². The van der Waals surface area contributed by atoms with Crippen molar-refractivity contribution in [3.05, 3.63) is 69.8 Å². The van der Waals surface area contributed by atoms with E-state index in [1.54, 1.807) is 6.07 Å². The average Bonchev–Trinajstić information content (AvgIpc) is 2.82. The number of nitrogens with zero attached hydrogens (tertiary/aromatic N) is 2. The van der Waals surface area contributed by atoms with Gasteiger partial charge in [-0.2, -0.15) is 5.26 Å². The van der Waals surface area contributed by atoms with Crippen LogP contribution in [0.1, 0.15) is 75.6 Å². The normalized spacial score (nSPS) is 14.3. The molecule has 2 aromatic carbocycles. The van der Waals surface area contributed by atoms with Crippen molar-refractivity contribution in [3.8, 4) is 6.07 Å². The highest BCUT2D eigenvalue weighted by molar-refractivity contribution is 5.99. The molecule has 1 heterocycles. The summed E-state index contributed by atoms with van der Waals surface area (Å²) < 4.78 is 4.95. The van der Waals surface area contributed by atoms with E-state index in [0.29, 0.717) is 35.7 Å². The molecule has 2 aromatic rings. The number of rotatable bonds is 5. The third-order valence-corrected chi connectivity index (χ3v) is 6.02. The number of hydrogen-bond acceptors (Lipinski definition) is 4. The van der Waals surface area contributed by atoms with Crippen LogP contribution in [-0.2, 0) is 17.6 Å². The fourth-order valence-electron chi connectivity index (χ4n) is 4.31. The third-order valence-electron chi connectivity index (χ3n) is 6.02. The van der Waals surface area contributed by atoms with Gasteiger partial charge in [0, 0.05) is 18.7 Å². The number of ether oxygens (including phenoxy) is 1. The molecule has 30 heavy (non-hydrogen) atoms. The van der Waals surface area contributed by atoms with Crippen LogP contribution < -0.4 is 0 Å². The third kappa shape index (κ3) is 4.38. The van der Waals surface area contributed by atoms with Crippen molar-refractivity contribution >= 4 is 11.9 Å². The molecule has 1 aliphatic heterocycles. The molecule has 1 fully saturated rings. The number of likely N-dealkylation sites (tertiary alicyclic amines) is 1. The lowest BCUT2D eigenvalue weighted by Crippen LogP contribution is -2.38. The zero-order valence-electron chi connectivity index (χ0n) is 17.9. The summed E-state index contributed by atoms with van der Waals surface area (Å²) >= 11 is 0. The molecule has 156 valence electrons. The average molecular weight is 405 g/mol. The second-order valence-electron chi connectivity index (χ2n) is 7.66. The van der Waals surface area contributed by atoms with E-state index < -0.39 is 5.97 Å². The molecule has 0 unspecified atom stereocenters. The topological polar surface area (TPSA) is 70.4 Å². The van der Waals surface area contributed by atoms with Crippen molar-refractivity contribution in [1.29, 1.82) is 5.26 Å². The van der Waals surface area contributed by atoms with E-state index in [1.807, 2.05) is 49.1 Å². The van der Waals surface area contributed by atoms with Gasteiger partial charge in [0.2, 0.25) is 0 Å². The first-order chi connectivity index (χ1) is 14.5. The Bertz CT molecular complexity index is 965. The molecule has 0 atom stereocenters. The molecule has 3 rings (SSSR count). The Morgan fingerprint density at radius 2 is 1.77 bits per heavy atom. The van der Waals surface area contributed by atoms with Crippen LogP contribution >= 0.6 is 0 Å². The number of carbonyl (C=O) groups is 2. The molecule has 0 bridgehead atoms. The molecule has 1 aliphatic rings. The van der Waals surface area contributed by atoms with Gasteiger partial charge in [-0.1, -0.05) is 26.0 Å². The molecular formula is C25H28N2O3. The summed E-state index contributed by atoms with van der Waals surface area (Å²) in [5, 5.41) is 8.96. The molecule has 5 nitrogen and oxygen atoms in total. The molecule has 1 saturated heterocycles. The molecule has 0 aromatic heterocycles. The predicted molar refractivity (Wildman–Crippen MR) is 116 cm³/mol. The largest absolute Gasteiger partial charge is 0.465 e. The van der Waals surface area contributed by atoms with Gasteiger partial charge in [0.25, 0.3) is 5.91 Å². The zero-order chi connectivity index (χ0) is 21.7. The van der Waals surface area contributed by atoms with Crippen LogP contribution in [0.3, 0.4) is 0 Å². The van der Waals surface area contributed by atoms with E-state index in [0.717, 1.165) is 36.8 Å². The minimum Gasteiger partial charge on any atom is -0.465 e. The van der Waals surface area contributed by atoms with Gasteiger partial charge in [-0.15, -0.1) is 0 Å². The molecule has 5 heteroatoms. The van der Waals surface area contributed by atoms with E-state index in [9.17, 15) is 9.59 Å². The number of amides is 1. The van der Waals surface area contributed by atoms with Gasteiger partial charge in [0.1, 0.15) is 0 Å². The van der Waals surface area contributed by atoms with E-state index >= 15 is 0 Å². The minimum atomic E-state index is -0.393. The molecule has 0 radical (unpaired) electrons. The number of piperidine rings is 1. The fraction of sp³-hybridized carbons (Fsp3) is 0.400. The lowest BCUT2D eigenvalue weighted by molar-refractivity contribution is 0.0599. The Hall–Kier alpha value is -3.13. The van der Waals surface area contributed by atoms with Gasteiger partial charge < -0.3 is 9.64 Å². The van der Waals surface area contributed by atoms with Crippen LogP contribution in [-0.4, -0.2) is 37.0 Å². The van der Waals surface area contributed by atoms with Crippen molar-refractivity contribution in [1.82, 2.24) is 4.90 Å². The highest BCUT2D eigenvalue weighted by Crippen LogP contribution is 2.29. The summed E-state index contributed by atoms with van der Waals surface area (Å²) in [5.74, 6) is -0.0346. The first-order valence-electron chi connectivity index (χ1n) is 10.6. The smallest absolute Gasteiger partial charge is 0.338 e. The monoisotopic (exact) mass is 404 g/mol. The summed E-state index contributed by atoms with van der Waals surface area (Å²) in [4.78, 5) is 27.4. The van der Waals surface area contributed by atoms with Crippen LogP contribution in [0.4, 0.5) is 0 Å². The number of aryl methyl sites for hydroxylation is 1. The van der Waals surface area contributed by atoms with Gasteiger partial charge in [0.15, 0.2) is 0 Å². The second-order valence-corrected chi connectivity index (χ2v) is 7.66. The quantitative estimate of drug-likeness (QED) is 0.689. The summed E-state index contributed by atoms with van der Waals surface area (Å²) in [6.45, 7) is 5.39. The summed E-state index contributed by atoms with van der Waals surface area (Å²) in [6, 6.07) is 13.5. The fourth-order valence-corrected chi connectivity index (χ4v) is 4.31. The molecular weight excluding hydrogens is 376 g/mol. The Balaban J connectivity index is 1.77. The molecule has 1 amide bonds. The number of esters is 1. The van der Waals surface area contributed by atoms with E-state index in [2.05, 4.69) is 6.07 Å². The van der Waals surface area contributed by atoms with Crippen LogP contribution in [0.5, 0.6) is 0 Å². The van der Waals surface area contributed by atoms with Crippen molar-refractivity contribution in [2.75, 3.05) is 20.2 Å². The van der Waals surface area contributed by atoms with Crippen LogP contribution in [0.25, 0.3) is 0 Å². The van der Waals surface area contributed by atoms with Crippen LogP contribution in [0.2, 0.25) is 0 Å². The van der Waals surface area contributed by atoms with Gasteiger partial charge in [-0.25, -0.2) is 4.79 Å². The van der Waals surface area contributed by atoms with E-state index in [1.165, 1.54) is 12.7 Å². The van der Waals surface area contributed by atoms with Gasteiger partial charge in [0.05, 0.1) is 24.3 Å². The van der Waals surface area contributed by atoms with Crippen LogP contribution in [0, 0.1) is 11.3 Å². The highest BCUT2D eigenvalue weighted by atomic mass is 16.5. The van der Waals surface area contributed by atoms with E-state index in [4.69, 9.17) is 10.00 Å². The maximum atomic E-state index is 13.2. The summed E-state index contributed by atoms with van der Waals surface area (Å²) in [5.41, 5.74) is 4.91. The van der Waals surface area contributed by atoms with Gasteiger partial charge in [-0.3, -0.25) is 4.79 Å². The SMILES string of the molecule is CCc1cc(C(=O)N2CCC(c3ccc(C#N)cc3)CC2)cc(C(=O)OC)c1CC. The Morgan fingerprint density at radius 1 is 1.10 bits per heavy atom. The lowest BCUT2D eigenvalue weighted by atomic mass is 9.88. The maximum Gasteiger partial charge on any atom is 0.338 e. The first kappa shape index (κ1) is 21.6. The maximum absolute atomic E-state index is 13.2. The number of hydrogen-bond donors (Lipinski definition) is 0. The number of nitriles is 1. The Morgan fingerprint density at radius 3 is 2.30 bits per heavy atom. The summed E-state index contributed by atoms with van der Waals surface area (Å²) in [7, 11) is 1.37. The minimum absolute atomic E-state index is 0.0317. The van der Waals surface area contributed by atoms with Crippen molar-refractivity contribution in [2.45, 2.75) is 45.4 Å². The Kier molecular flexibility index (Phi) is 6.89. The first-order valence-corrected chi connectivity index (χ1v) is 10.6. The van der Waals surface area contributed by atoms with Crippen molar-refractivity contribution in [3.63, 3.8) is 0 Å². The van der Waals surface area contributed by atoms with Crippen molar-refractivity contribution in [2.24, 2.45) is 0 Å². The summed E-state index contributed by atoms with van der Waals surface area (Å²) in [6.07, 6.45) is 3.25. The predicted octanol–water partition coefficient (Wildman–Crippen LogP) is 4.49. The van der Waals surface area contributed by atoms with Crippen LogP contribution in [0.15, 0.2) is 36.4 Å². The van der Waals surface area contributed by atoms with Crippen molar-refractivity contribution < 1.29 is 14.3 Å². The molecule has 0 saturated carbocycles. The standard InChI is InChI=1S/C25H28N2O3/c1-4-18-14-21(15-23(22(18)5-2)25(29)30-3)24(28)27-12-10-20(11-13-27)19-8-6-17(16-26)7-9-19/h6-9,14-15,20H,4-5,10-13H2,1-3H3. The molecule has 0 N–H and O–H groups in total. The lowest BCUT2D eigenvalue weighted by Gasteiger charge is -2.32. The van der Waals surface area contributed by atoms with Gasteiger partial charge in [-0.05, 0) is 72.6 Å². The number of methoxy groups -OCH3 is 1. The zero-order valence-corrected chi connectivity index (χ0v) is 17.9. The Labute approximate surface area is 178 Å². The number of benzene rings is 2. The molecule has 0 spiro atoms. The van der Waals surface area contributed by atoms with Gasteiger partial charge >= 0.3 is 5.97 Å².